The normalized spacial score (nSPS) is 17.4. The molecule has 0 aromatic heterocycles. The molecule has 1 aliphatic rings. The topological polar surface area (TPSA) is 70.7 Å². The summed E-state index contributed by atoms with van der Waals surface area (Å²) in [6.45, 7) is 5.42. The average Bonchev–Trinajstić information content (AvgIpc) is 2.88. The lowest BCUT2D eigenvalue weighted by Crippen LogP contribution is -2.43. The van der Waals surface area contributed by atoms with Crippen LogP contribution < -0.4 is 15.5 Å². The third-order valence-corrected chi connectivity index (χ3v) is 3.66. The summed E-state index contributed by atoms with van der Waals surface area (Å²) in [6.07, 6.45) is 1.15. The highest BCUT2D eigenvalue weighted by Crippen LogP contribution is 2.21. The summed E-state index contributed by atoms with van der Waals surface area (Å²) in [5, 5.41) is 5.54. The van der Waals surface area contributed by atoms with Crippen molar-refractivity contribution in [2.24, 2.45) is 0 Å². The molecule has 1 saturated heterocycles. The fraction of sp³-hybridized carbons (Fsp3) is 0.529. The Kier molecular flexibility index (Phi) is 6.54. The summed E-state index contributed by atoms with van der Waals surface area (Å²) in [6, 6.07) is 5.20. The van der Waals surface area contributed by atoms with E-state index in [-0.39, 0.29) is 36.3 Å². The number of urea groups is 1. The van der Waals surface area contributed by atoms with Crippen LogP contribution in [0.1, 0.15) is 26.7 Å². The fourth-order valence-corrected chi connectivity index (χ4v) is 2.50. The van der Waals surface area contributed by atoms with Gasteiger partial charge in [0.1, 0.15) is 5.82 Å². The molecule has 2 rings (SSSR count). The summed E-state index contributed by atoms with van der Waals surface area (Å²) in [4.78, 5) is 25.5. The van der Waals surface area contributed by atoms with Crippen LogP contribution in [0.3, 0.4) is 0 Å². The van der Waals surface area contributed by atoms with Gasteiger partial charge >= 0.3 is 6.03 Å². The van der Waals surface area contributed by atoms with Crippen LogP contribution in [0.25, 0.3) is 0 Å². The Hall–Kier alpha value is -2.15. The quantitative estimate of drug-likeness (QED) is 0.748. The number of nitrogens with one attached hydrogen (secondary N) is 2. The molecule has 2 N–H and O–H groups in total. The van der Waals surface area contributed by atoms with E-state index in [0.717, 1.165) is 6.42 Å². The number of hydrogen-bond donors (Lipinski definition) is 2. The summed E-state index contributed by atoms with van der Waals surface area (Å²) in [7, 11) is 0. The zero-order chi connectivity index (χ0) is 17.5. The number of hydrogen-bond acceptors (Lipinski definition) is 3. The predicted molar refractivity (Wildman–Crippen MR) is 89.4 cm³/mol. The van der Waals surface area contributed by atoms with Gasteiger partial charge in [0.15, 0.2) is 0 Å². The van der Waals surface area contributed by atoms with Gasteiger partial charge in [-0.25, -0.2) is 9.18 Å². The number of ether oxygens (including phenoxy) is 1. The lowest BCUT2D eigenvalue weighted by Gasteiger charge is -2.17. The van der Waals surface area contributed by atoms with Crippen molar-refractivity contribution in [1.82, 2.24) is 10.6 Å². The average molecular weight is 337 g/mol. The second-order valence-corrected chi connectivity index (χ2v) is 6.06. The number of rotatable bonds is 7. The SMILES string of the molecule is CC(C)OCCCNC(=O)NC1CC(=O)N(c2ccc(F)cc2)C1. The molecule has 1 unspecified atom stereocenters. The van der Waals surface area contributed by atoms with Crippen LogP contribution in [-0.2, 0) is 9.53 Å². The van der Waals surface area contributed by atoms with E-state index in [4.69, 9.17) is 4.74 Å². The molecule has 24 heavy (non-hydrogen) atoms. The van der Waals surface area contributed by atoms with E-state index in [9.17, 15) is 14.0 Å². The molecule has 6 nitrogen and oxygen atoms in total. The van der Waals surface area contributed by atoms with Gasteiger partial charge in [-0.05, 0) is 44.5 Å². The first kappa shape index (κ1) is 18.2. The number of carbonyl (C=O) groups is 2. The molecule has 0 bridgehead atoms. The van der Waals surface area contributed by atoms with Gasteiger partial charge in [0.25, 0.3) is 0 Å². The highest BCUT2D eigenvalue weighted by molar-refractivity contribution is 5.96. The van der Waals surface area contributed by atoms with Gasteiger partial charge in [0.2, 0.25) is 5.91 Å². The lowest BCUT2D eigenvalue weighted by atomic mass is 10.2. The molecule has 1 heterocycles. The first-order chi connectivity index (χ1) is 11.5. The number of carbonyl (C=O) groups excluding carboxylic acids is 2. The molecule has 1 atom stereocenters. The van der Waals surface area contributed by atoms with Gasteiger partial charge in [-0.3, -0.25) is 4.79 Å². The van der Waals surface area contributed by atoms with Crippen molar-refractivity contribution >= 4 is 17.6 Å². The molecule has 1 fully saturated rings. The van der Waals surface area contributed by atoms with Crippen molar-refractivity contribution < 1.29 is 18.7 Å². The lowest BCUT2D eigenvalue weighted by molar-refractivity contribution is -0.117. The van der Waals surface area contributed by atoms with E-state index >= 15 is 0 Å². The smallest absolute Gasteiger partial charge is 0.315 e. The Morgan fingerprint density at radius 3 is 2.75 bits per heavy atom. The first-order valence-corrected chi connectivity index (χ1v) is 8.17. The first-order valence-electron chi connectivity index (χ1n) is 8.17. The number of amides is 3. The minimum atomic E-state index is -0.346. The third kappa shape index (κ3) is 5.49. The highest BCUT2D eigenvalue weighted by atomic mass is 19.1. The molecule has 1 aromatic carbocycles. The number of nitrogens with zero attached hydrogens (tertiary/aromatic N) is 1. The number of benzene rings is 1. The van der Waals surface area contributed by atoms with Crippen LogP contribution in [0.2, 0.25) is 0 Å². The maximum atomic E-state index is 13.0. The minimum absolute atomic E-state index is 0.0859. The summed E-state index contributed by atoms with van der Waals surface area (Å²) in [5.74, 6) is -0.432. The minimum Gasteiger partial charge on any atom is -0.379 e. The summed E-state index contributed by atoms with van der Waals surface area (Å²) >= 11 is 0. The largest absolute Gasteiger partial charge is 0.379 e. The molecule has 0 aliphatic carbocycles. The van der Waals surface area contributed by atoms with Crippen LogP contribution in [-0.4, -0.2) is 43.8 Å². The van der Waals surface area contributed by atoms with Crippen molar-refractivity contribution in [2.75, 3.05) is 24.6 Å². The van der Waals surface area contributed by atoms with Crippen molar-refractivity contribution in [3.8, 4) is 0 Å². The van der Waals surface area contributed by atoms with Crippen LogP contribution >= 0.6 is 0 Å². The number of halogens is 1. The molecule has 7 heteroatoms. The Bertz CT molecular complexity index is 563. The zero-order valence-electron chi connectivity index (χ0n) is 14.0. The summed E-state index contributed by atoms with van der Waals surface area (Å²) < 4.78 is 18.4. The van der Waals surface area contributed by atoms with Crippen molar-refractivity contribution in [1.29, 1.82) is 0 Å². The molecular formula is C17H24FN3O3. The van der Waals surface area contributed by atoms with E-state index in [0.29, 0.717) is 25.4 Å². The molecule has 1 aromatic rings. The second kappa shape index (κ2) is 8.63. The van der Waals surface area contributed by atoms with Crippen molar-refractivity contribution in [2.45, 2.75) is 38.8 Å². The van der Waals surface area contributed by atoms with Crippen LogP contribution in [0.15, 0.2) is 24.3 Å². The number of anilines is 1. The van der Waals surface area contributed by atoms with Gasteiger partial charge in [-0.15, -0.1) is 0 Å². The Labute approximate surface area is 141 Å². The van der Waals surface area contributed by atoms with Gasteiger partial charge in [0, 0.05) is 31.8 Å². The Morgan fingerprint density at radius 1 is 1.38 bits per heavy atom. The van der Waals surface area contributed by atoms with E-state index in [2.05, 4.69) is 10.6 Å². The monoisotopic (exact) mass is 337 g/mol. The molecule has 1 aliphatic heterocycles. The Morgan fingerprint density at radius 2 is 2.08 bits per heavy atom. The third-order valence-electron chi connectivity index (χ3n) is 3.66. The van der Waals surface area contributed by atoms with E-state index in [1.165, 1.54) is 12.1 Å². The standard InChI is InChI=1S/C17H24FN3O3/c1-12(2)24-9-3-8-19-17(23)20-14-10-16(22)21(11-14)15-6-4-13(18)5-7-15/h4-7,12,14H,3,8-11H2,1-2H3,(H2,19,20,23). The van der Waals surface area contributed by atoms with Gasteiger partial charge in [-0.2, -0.15) is 0 Å². The highest BCUT2D eigenvalue weighted by Gasteiger charge is 2.31. The van der Waals surface area contributed by atoms with Crippen molar-refractivity contribution in [3.63, 3.8) is 0 Å². The van der Waals surface area contributed by atoms with Crippen LogP contribution in [0, 0.1) is 5.82 Å². The van der Waals surface area contributed by atoms with E-state index in [1.54, 1.807) is 17.0 Å². The molecular weight excluding hydrogens is 313 g/mol. The van der Waals surface area contributed by atoms with E-state index < -0.39 is 0 Å². The summed E-state index contributed by atoms with van der Waals surface area (Å²) in [5.41, 5.74) is 0.636. The van der Waals surface area contributed by atoms with Gasteiger partial charge in [0.05, 0.1) is 12.1 Å². The molecule has 3 amide bonds. The Balaban J connectivity index is 1.73. The molecule has 132 valence electrons. The van der Waals surface area contributed by atoms with Crippen molar-refractivity contribution in [3.05, 3.63) is 30.1 Å². The van der Waals surface area contributed by atoms with Gasteiger partial charge < -0.3 is 20.3 Å². The fourth-order valence-electron chi connectivity index (χ4n) is 2.50. The van der Waals surface area contributed by atoms with Crippen LogP contribution in [0.4, 0.5) is 14.9 Å². The molecule has 0 saturated carbocycles. The van der Waals surface area contributed by atoms with Crippen LogP contribution in [0.5, 0.6) is 0 Å². The molecule has 0 radical (unpaired) electrons. The maximum Gasteiger partial charge on any atom is 0.315 e. The second-order valence-electron chi connectivity index (χ2n) is 6.06. The van der Waals surface area contributed by atoms with E-state index in [1.807, 2.05) is 13.8 Å². The predicted octanol–water partition coefficient (Wildman–Crippen LogP) is 2.05. The molecule has 0 spiro atoms. The van der Waals surface area contributed by atoms with Gasteiger partial charge in [-0.1, -0.05) is 0 Å². The maximum absolute atomic E-state index is 13.0. The zero-order valence-corrected chi connectivity index (χ0v) is 14.0.